The Hall–Kier alpha value is -2.51. The SMILES string of the molecule is CC(C)CC1NC2(CCN(C(=S)Nc3ccc(F)cc3)CC2)N(Cc2ccccc2)C1=O. The van der Waals surface area contributed by atoms with Crippen LogP contribution in [0.15, 0.2) is 54.6 Å². The van der Waals surface area contributed by atoms with Crippen molar-refractivity contribution < 1.29 is 9.18 Å². The summed E-state index contributed by atoms with van der Waals surface area (Å²) in [5.41, 5.74) is 1.56. The number of nitrogens with one attached hydrogen (secondary N) is 2. The van der Waals surface area contributed by atoms with Crippen LogP contribution in [0.5, 0.6) is 0 Å². The van der Waals surface area contributed by atoms with E-state index in [4.69, 9.17) is 12.2 Å². The van der Waals surface area contributed by atoms with Crippen molar-refractivity contribution in [3.05, 3.63) is 66.0 Å². The second kappa shape index (κ2) is 9.55. The summed E-state index contributed by atoms with van der Waals surface area (Å²) in [7, 11) is 0. The van der Waals surface area contributed by atoms with Crippen LogP contribution in [0.3, 0.4) is 0 Å². The van der Waals surface area contributed by atoms with Crippen LogP contribution < -0.4 is 10.6 Å². The maximum atomic E-state index is 13.4. The maximum absolute atomic E-state index is 13.4. The number of carbonyl (C=O) groups is 1. The highest BCUT2D eigenvalue weighted by molar-refractivity contribution is 7.80. The number of hydrogen-bond donors (Lipinski definition) is 2. The lowest BCUT2D eigenvalue weighted by Gasteiger charge is -2.45. The van der Waals surface area contributed by atoms with E-state index in [-0.39, 0.29) is 23.4 Å². The van der Waals surface area contributed by atoms with Crippen LogP contribution in [-0.2, 0) is 11.3 Å². The molecule has 1 spiro atoms. The number of benzene rings is 2. The lowest BCUT2D eigenvalue weighted by molar-refractivity contribution is -0.134. The van der Waals surface area contributed by atoms with Gasteiger partial charge in [-0.25, -0.2) is 4.39 Å². The van der Waals surface area contributed by atoms with Crippen LogP contribution in [0.25, 0.3) is 0 Å². The summed E-state index contributed by atoms with van der Waals surface area (Å²) in [6.45, 7) is 6.41. The fourth-order valence-corrected chi connectivity index (χ4v) is 5.02. The van der Waals surface area contributed by atoms with Crippen LogP contribution in [0.2, 0.25) is 0 Å². The molecule has 2 aliphatic rings. The standard InChI is InChI=1S/C25H31FN4OS/c1-18(2)16-22-23(31)30(17-19-6-4-3-5-7-19)25(28-22)12-14-29(15-13-25)24(32)27-21-10-8-20(26)9-11-21/h3-11,18,22,28H,12-17H2,1-2H3,(H,27,32). The number of likely N-dealkylation sites (tertiary alicyclic amines) is 1. The molecule has 7 heteroatoms. The highest BCUT2D eigenvalue weighted by Gasteiger charge is 2.51. The van der Waals surface area contributed by atoms with Crippen LogP contribution in [0, 0.1) is 11.7 Å². The zero-order valence-corrected chi connectivity index (χ0v) is 19.5. The average Bonchev–Trinajstić information content (AvgIpc) is 3.01. The Morgan fingerprint density at radius 2 is 1.81 bits per heavy atom. The molecular weight excluding hydrogens is 423 g/mol. The number of amides is 1. The number of carbonyl (C=O) groups excluding carboxylic acids is 1. The summed E-state index contributed by atoms with van der Waals surface area (Å²) in [6, 6.07) is 16.2. The monoisotopic (exact) mass is 454 g/mol. The molecule has 32 heavy (non-hydrogen) atoms. The van der Waals surface area contributed by atoms with Crippen molar-refractivity contribution in [3.63, 3.8) is 0 Å². The molecule has 1 amide bonds. The Morgan fingerprint density at radius 3 is 2.44 bits per heavy atom. The largest absolute Gasteiger partial charge is 0.349 e. The van der Waals surface area contributed by atoms with E-state index in [9.17, 15) is 9.18 Å². The molecule has 1 unspecified atom stereocenters. The van der Waals surface area contributed by atoms with E-state index in [1.54, 1.807) is 12.1 Å². The van der Waals surface area contributed by atoms with Crippen molar-refractivity contribution in [2.45, 2.75) is 51.4 Å². The van der Waals surface area contributed by atoms with Crippen LogP contribution in [-0.4, -0.2) is 45.6 Å². The highest BCUT2D eigenvalue weighted by Crippen LogP contribution is 2.35. The molecular formula is C25H31FN4OS. The molecule has 2 aromatic rings. The molecule has 2 N–H and O–H groups in total. The summed E-state index contributed by atoms with van der Waals surface area (Å²) in [6.07, 6.45) is 2.43. The molecule has 2 saturated heterocycles. The molecule has 2 aliphatic heterocycles. The van der Waals surface area contributed by atoms with Gasteiger partial charge in [0.05, 0.1) is 11.7 Å². The Balaban J connectivity index is 1.46. The number of rotatable bonds is 5. The normalized spacial score (nSPS) is 20.2. The summed E-state index contributed by atoms with van der Waals surface area (Å²) in [5, 5.41) is 7.55. The minimum absolute atomic E-state index is 0.144. The van der Waals surface area contributed by atoms with Crippen molar-refractivity contribution in [3.8, 4) is 0 Å². The van der Waals surface area contributed by atoms with Gasteiger partial charge < -0.3 is 15.1 Å². The molecule has 5 nitrogen and oxygen atoms in total. The van der Waals surface area contributed by atoms with Crippen LogP contribution in [0.4, 0.5) is 10.1 Å². The molecule has 1 atom stereocenters. The first-order valence-corrected chi connectivity index (χ1v) is 11.7. The zero-order chi connectivity index (χ0) is 22.7. The van der Waals surface area contributed by atoms with E-state index in [1.807, 2.05) is 18.2 Å². The van der Waals surface area contributed by atoms with E-state index in [2.05, 4.69) is 46.4 Å². The Labute approximate surface area is 195 Å². The van der Waals surface area contributed by atoms with Crippen LogP contribution >= 0.6 is 12.2 Å². The van der Waals surface area contributed by atoms with Crippen molar-refractivity contribution in [2.24, 2.45) is 5.92 Å². The molecule has 0 aliphatic carbocycles. The molecule has 2 heterocycles. The van der Waals surface area contributed by atoms with E-state index in [0.29, 0.717) is 17.6 Å². The third kappa shape index (κ3) is 4.94. The van der Waals surface area contributed by atoms with E-state index < -0.39 is 0 Å². The van der Waals surface area contributed by atoms with Gasteiger partial charge in [0, 0.05) is 38.2 Å². The lowest BCUT2D eigenvalue weighted by Crippen LogP contribution is -2.59. The summed E-state index contributed by atoms with van der Waals surface area (Å²) in [5.74, 6) is 0.369. The van der Waals surface area contributed by atoms with Crippen molar-refractivity contribution in [1.29, 1.82) is 0 Å². The van der Waals surface area contributed by atoms with Crippen molar-refractivity contribution >= 4 is 28.9 Å². The maximum Gasteiger partial charge on any atom is 0.241 e. The van der Waals surface area contributed by atoms with Gasteiger partial charge in [0.25, 0.3) is 0 Å². The predicted octanol–water partition coefficient (Wildman–Crippen LogP) is 4.36. The average molecular weight is 455 g/mol. The molecule has 0 saturated carbocycles. The van der Waals surface area contributed by atoms with Crippen molar-refractivity contribution in [1.82, 2.24) is 15.1 Å². The molecule has 2 aromatic carbocycles. The lowest BCUT2D eigenvalue weighted by atomic mass is 9.95. The number of piperidine rings is 1. The fourth-order valence-electron chi connectivity index (χ4n) is 4.72. The second-order valence-electron chi connectivity index (χ2n) is 9.19. The number of hydrogen-bond acceptors (Lipinski definition) is 3. The van der Waals surface area contributed by atoms with Gasteiger partial charge in [0.1, 0.15) is 5.82 Å². The predicted molar refractivity (Wildman–Crippen MR) is 130 cm³/mol. The smallest absolute Gasteiger partial charge is 0.241 e. The minimum Gasteiger partial charge on any atom is -0.349 e. The summed E-state index contributed by atoms with van der Waals surface area (Å²) >= 11 is 5.61. The van der Waals surface area contributed by atoms with Gasteiger partial charge in [0.15, 0.2) is 5.11 Å². The number of halogens is 1. The summed E-state index contributed by atoms with van der Waals surface area (Å²) in [4.78, 5) is 17.6. The first-order chi connectivity index (χ1) is 15.4. The Morgan fingerprint density at radius 1 is 1.16 bits per heavy atom. The van der Waals surface area contributed by atoms with Crippen LogP contribution in [0.1, 0.15) is 38.7 Å². The molecule has 170 valence electrons. The highest BCUT2D eigenvalue weighted by atomic mass is 32.1. The second-order valence-corrected chi connectivity index (χ2v) is 9.58. The quantitative estimate of drug-likeness (QED) is 0.658. The van der Waals surface area contributed by atoms with Gasteiger partial charge in [-0.3, -0.25) is 10.1 Å². The molecule has 0 aromatic heterocycles. The first kappa shape index (κ1) is 22.7. The Kier molecular flexibility index (Phi) is 6.76. The topological polar surface area (TPSA) is 47.6 Å². The van der Waals surface area contributed by atoms with Gasteiger partial charge in [-0.05, 0) is 54.4 Å². The number of nitrogens with zero attached hydrogens (tertiary/aromatic N) is 2. The molecule has 0 radical (unpaired) electrons. The van der Waals surface area contributed by atoms with E-state index in [0.717, 1.165) is 43.6 Å². The van der Waals surface area contributed by atoms with Gasteiger partial charge in [-0.1, -0.05) is 44.2 Å². The van der Waals surface area contributed by atoms with Gasteiger partial charge in [-0.2, -0.15) is 0 Å². The third-order valence-electron chi connectivity index (χ3n) is 6.39. The molecule has 4 rings (SSSR count). The van der Waals surface area contributed by atoms with Gasteiger partial charge in [0.2, 0.25) is 5.91 Å². The number of thiocarbonyl (C=S) groups is 1. The van der Waals surface area contributed by atoms with Crippen molar-refractivity contribution in [2.75, 3.05) is 18.4 Å². The van der Waals surface area contributed by atoms with Gasteiger partial charge >= 0.3 is 0 Å². The molecule has 2 fully saturated rings. The molecule has 0 bridgehead atoms. The fraction of sp³-hybridized carbons (Fsp3) is 0.440. The zero-order valence-electron chi connectivity index (χ0n) is 18.7. The first-order valence-electron chi connectivity index (χ1n) is 11.3. The van der Waals surface area contributed by atoms with Gasteiger partial charge in [-0.15, -0.1) is 0 Å². The van der Waals surface area contributed by atoms with E-state index >= 15 is 0 Å². The number of anilines is 1. The third-order valence-corrected chi connectivity index (χ3v) is 6.75. The van der Waals surface area contributed by atoms with E-state index in [1.165, 1.54) is 12.1 Å². The minimum atomic E-state index is -0.353. The summed E-state index contributed by atoms with van der Waals surface area (Å²) < 4.78 is 13.2. The Bertz CT molecular complexity index is 942.